The average molecular weight is 429 g/mol. The number of hydrogen-bond donors (Lipinski definition) is 1. The van der Waals surface area contributed by atoms with E-state index in [9.17, 15) is 26.4 Å². The molecule has 0 spiro atoms. The highest BCUT2D eigenvalue weighted by Crippen LogP contribution is 2.37. The van der Waals surface area contributed by atoms with Crippen LogP contribution in [0.2, 0.25) is 0 Å². The minimum Gasteiger partial charge on any atom is -0.497 e. The van der Waals surface area contributed by atoms with Crippen LogP contribution < -0.4 is 14.8 Å². The van der Waals surface area contributed by atoms with Crippen LogP contribution in [0.25, 0.3) is 0 Å². The molecule has 1 aliphatic heterocycles. The van der Waals surface area contributed by atoms with E-state index in [2.05, 4.69) is 5.32 Å². The molecule has 10 heteroatoms. The summed E-state index contributed by atoms with van der Waals surface area (Å²) in [6.07, 6.45) is -4.50. The maximum absolute atomic E-state index is 13.1. The fourth-order valence-corrected chi connectivity index (χ4v) is 4.66. The minimum atomic E-state index is -4.62. The summed E-state index contributed by atoms with van der Waals surface area (Å²) in [7, 11) is -1.86. The number of carbonyl (C=O) groups is 1. The summed E-state index contributed by atoms with van der Waals surface area (Å²) in [5, 5.41) is 2.39. The summed E-state index contributed by atoms with van der Waals surface area (Å²) in [6, 6.07) is 9.12. The van der Waals surface area contributed by atoms with Gasteiger partial charge in [-0.25, -0.2) is 8.42 Å². The van der Waals surface area contributed by atoms with E-state index in [4.69, 9.17) is 9.47 Å². The van der Waals surface area contributed by atoms with Crippen molar-refractivity contribution >= 4 is 21.4 Å². The zero-order valence-electron chi connectivity index (χ0n) is 15.3. The molecule has 1 fully saturated rings. The van der Waals surface area contributed by atoms with Crippen LogP contribution in [0.3, 0.4) is 0 Å². The Kier molecular flexibility index (Phi) is 5.74. The lowest BCUT2D eigenvalue weighted by Gasteiger charge is -2.17. The van der Waals surface area contributed by atoms with Crippen LogP contribution in [0.4, 0.5) is 18.9 Å². The molecule has 1 N–H and O–H groups in total. The van der Waals surface area contributed by atoms with Gasteiger partial charge in [-0.3, -0.25) is 4.79 Å². The second-order valence-corrected chi connectivity index (χ2v) is 8.81. The monoisotopic (exact) mass is 429 g/mol. The Morgan fingerprint density at radius 3 is 2.48 bits per heavy atom. The molecule has 2 aromatic rings. The molecular weight excluding hydrogens is 411 g/mol. The van der Waals surface area contributed by atoms with Gasteiger partial charge in [-0.1, -0.05) is 6.07 Å². The van der Waals surface area contributed by atoms with Crippen molar-refractivity contribution < 1.29 is 35.9 Å². The fourth-order valence-electron chi connectivity index (χ4n) is 2.92. The molecule has 1 aliphatic rings. The first-order valence-electron chi connectivity index (χ1n) is 8.62. The predicted octanol–water partition coefficient (Wildman–Crippen LogP) is 3.88. The number of anilines is 1. The number of benzene rings is 2. The lowest BCUT2D eigenvalue weighted by molar-refractivity contribution is -0.137. The SMILES string of the molecule is COc1cccc(Oc2ccc(C(F)(F)F)cc2NC(=O)[C@@H]2CCS(=O)(=O)C2)c1. The summed E-state index contributed by atoms with van der Waals surface area (Å²) in [6.45, 7) is 0. The van der Waals surface area contributed by atoms with Crippen molar-refractivity contribution in [3.05, 3.63) is 48.0 Å². The van der Waals surface area contributed by atoms with Gasteiger partial charge in [0, 0.05) is 6.07 Å². The van der Waals surface area contributed by atoms with Gasteiger partial charge in [0.1, 0.15) is 11.5 Å². The zero-order valence-corrected chi connectivity index (χ0v) is 16.1. The topological polar surface area (TPSA) is 81.7 Å². The highest BCUT2D eigenvalue weighted by atomic mass is 32.2. The number of halogens is 3. The smallest absolute Gasteiger partial charge is 0.416 e. The normalized spacial score (nSPS) is 18.3. The van der Waals surface area contributed by atoms with Crippen molar-refractivity contribution in [3.63, 3.8) is 0 Å². The van der Waals surface area contributed by atoms with Crippen LogP contribution in [0.5, 0.6) is 17.2 Å². The Morgan fingerprint density at radius 1 is 1.14 bits per heavy atom. The molecule has 0 saturated carbocycles. The largest absolute Gasteiger partial charge is 0.497 e. The molecule has 0 unspecified atom stereocenters. The van der Waals surface area contributed by atoms with E-state index in [0.717, 1.165) is 18.2 Å². The van der Waals surface area contributed by atoms with Crippen LogP contribution in [-0.4, -0.2) is 32.9 Å². The first kappa shape index (κ1) is 21.0. The molecule has 1 amide bonds. The molecule has 0 aromatic heterocycles. The third kappa shape index (κ3) is 5.20. The number of ether oxygens (including phenoxy) is 2. The van der Waals surface area contributed by atoms with Crippen LogP contribution in [0.1, 0.15) is 12.0 Å². The molecule has 6 nitrogen and oxygen atoms in total. The summed E-state index contributed by atoms with van der Waals surface area (Å²) in [4.78, 5) is 12.4. The summed E-state index contributed by atoms with van der Waals surface area (Å²) >= 11 is 0. The van der Waals surface area contributed by atoms with Gasteiger partial charge in [-0.2, -0.15) is 13.2 Å². The summed E-state index contributed by atoms with van der Waals surface area (Å²) in [5.41, 5.74) is -1.17. The van der Waals surface area contributed by atoms with Crippen molar-refractivity contribution in [2.24, 2.45) is 5.92 Å². The second-order valence-electron chi connectivity index (χ2n) is 6.58. The number of nitrogens with one attached hydrogen (secondary N) is 1. The van der Waals surface area contributed by atoms with Crippen molar-refractivity contribution in [3.8, 4) is 17.2 Å². The number of carbonyl (C=O) groups excluding carboxylic acids is 1. The first-order chi connectivity index (χ1) is 13.6. The van der Waals surface area contributed by atoms with Crippen molar-refractivity contribution in [1.82, 2.24) is 0 Å². The lowest BCUT2D eigenvalue weighted by Crippen LogP contribution is -2.24. The first-order valence-corrected chi connectivity index (χ1v) is 10.4. The van der Waals surface area contributed by atoms with Gasteiger partial charge >= 0.3 is 6.18 Å². The molecule has 3 rings (SSSR count). The predicted molar refractivity (Wildman–Crippen MR) is 99.9 cm³/mol. The van der Waals surface area contributed by atoms with Gasteiger partial charge in [0.05, 0.1) is 35.8 Å². The maximum Gasteiger partial charge on any atom is 0.416 e. The zero-order chi connectivity index (χ0) is 21.2. The molecule has 0 aliphatic carbocycles. The molecular formula is C19H18F3NO5S. The summed E-state index contributed by atoms with van der Waals surface area (Å²) in [5.74, 6) is -1.18. The average Bonchev–Trinajstić information content (AvgIpc) is 3.02. The Labute approximate surface area is 165 Å². The Balaban J connectivity index is 1.90. The highest BCUT2D eigenvalue weighted by molar-refractivity contribution is 7.91. The van der Waals surface area contributed by atoms with Crippen LogP contribution in [0, 0.1) is 5.92 Å². The number of alkyl halides is 3. The molecule has 0 radical (unpaired) electrons. The van der Waals surface area contributed by atoms with Crippen molar-refractivity contribution in [2.75, 3.05) is 23.9 Å². The van der Waals surface area contributed by atoms with Gasteiger partial charge in [-0.05, 0) is 36.8 Å². The Hall–Kier alpha value is -2.75. The van der Waals surface area contributed by atoms with Gasteiger partial charge < -0.3 is 14.8 Å². The van der Waals surface area contributed by atoms with Crippen LogP contribution >= 0.6 is 0 Å². The quantitative estimate of drug-likeness (QED) is 0.780. The maximum atomic E-state index is 13.1. The van der Waals surface area contributed by atoms with Gasteiger partial charge in [0.25, 0.3) is 0 Å². The lowest BCUT2D eigenvalue weighted by atomic mass is 10.1. The third-order valence-corrected chi connectivity index (χ3v) is 6.20. The standard InChI is InChI=1S/C19H18F3NO5S/c1-27-14-3-2-4-15(10-14)28-17-6-5-13(19(20,21)22)9-16(17)23-18(24)12-7-8-29(25,26)11-12/h2-6,9-10,12H,7-8,11H2,1H3,(H,23,24)/t12-/m1/s1. The van der Waals surface area contributed by atoms with E-state index in [1.165, 1.54) is 13.2 Å². The molecule has 29 heavy (non-hydrogen) atoms. The third-order valence-electron chi connectivity index (χ3n) is 4.44. The van der Waals surface area contributed by atoms with Crippen molar-refractivity contribution in [1.29, 1.82) is 0 Å². The molecule has 1 saturated heterocycles. The molecule has 156 valence electrons. The number of sulfone groups is 1. The minimum absolute atomic E-state index is 0.0135. The fraction of sp³-hybridized carbons (Fsp3) is 0.316. The molecule has 1 atom stereocenters. The number of amides is 1. The Bertz CT molecular complexity index is 1020. The Morgan fingerprint density at radius 2 is 1.86 bits per heavy atom. The summed E-state index contributed by atoms with van der Waals surface area (Å²) < 4.78 is 73.2. The van der Waals surface area contributed by atoms with Gasteiger partial charge in [-0.15, -0.1) is 0 Å². The van der Waals surface area contributed by atoms with E-state index in [-0.39, 0.29) is 29.4 Å². The molecule has 0 bridgehead atoms. The van der Waals surface area contributed by atoms with Gasteiger partial charge in [0.2, 0.25) is 5.91 Å². The van der Waals surface area contributed by atoms with E-state index in [1.54, 1.807) is 18.2 Å². The molecule has 2 aromatic carbocycles. The number of hydrogen-bond acceptors (Lipinski definition) is 5. The number of methoxy groups -OCH3 is 1. The van der Waals surface area contributed by atoms with E-state index >= 15 is 0 Å². The molecule has 1 heterocycles. The second kappa shape index (κ2) is 7.94. The van der Waals surface area contributed by atoms with Gasteiger partial charge in [0.15, 0.2) is 15.6 Å². The number of rotatable bonds is 5. The van der Waals surface area contributed by atoms with Crippen LogP contribution in [-0.2, 0) is 20.8 Å². The van der Waals surface area contributed by atoms with E-state index in [1.807, 2.05) is 0 Å². The highest BCUT2D eigenvalue weighted by Gasteiger charge is 2.35. The van der Waals surface area contributed by atoms with E-state index in [0.29, 0.717) is 11.5 Å². The van der Waals surface area contributed by atoms with Crippen molar-refractivity contribution in [2.45, 2.75) is 12.6 Å². The van der Waals surface area contributed by atoms with Crippen LogP contribution in [0.15, 0.2) is 42.5 Å². The van der Waals surface area contributed by atoms with E-state index < -0.39 is 33.4 Å².